The molecule has 0 radical (unpaired) electrons. The Hall–Kier alpha value is -5.04. The molecule has 0 aliphatic carbocycles. The molecule has 3 atom stereocenters. The zero-order valence-corrected chi connectivity index (χ0v) is 28.8. The van der Waals surface area contributed by atoms with Crippen LogP contribution < -0.4 is 21.2 Å². The Morgan fingerprint density at radius 3 is 1.82 bits per heavy atom. The van der Waals surface area contributed by atoms with Gasteiger partial charge in [-0.15, -0.1) is 6.58 Å². The highest BCUT2D eigenvalue weighted by molar-refractivity contribution is 7.95. The number of hydrogen-bond donors (Lipinski definition) is 2. The molecule has 1 aliphatic rings. The zero-order chi connectivity index (χ0) is 35.1. The van der Waals surface area contributed by atoms with Crippen LogP contribution in [0.3, 0.4) is 0 Å². The number of hydrogen-bond acceptors (Lipinski definition) is 6. The van der Waals surface area contributed by atoms with E-state index >= 15 is 0 Å². The van der Waals surface area contributed by atoms with Crippen molar-refractivity contribution < 1.29 is 29.0 Å². The fourth-order valence-corrected chi connectivity index (χ4v) is 10.5. The van der Waals surface area contributed by atoms with Crippen LogP contribution in [0, 0.1) is 5.92 Å². The second kappa shape index (κ2) is 15.5. The van der Waals surface area contributed by atoms with E-state index < -0.39 is 36.8 Å². The number of Topliss-reactive ketones (excluding diaryl/α,β-unsaturated/α-hetero) is 1. The van der Waals surface area contributed by atoms with E-state index in [-0.39, 0.29) is 36.2 Å². The number of β-lactam (4-membered cyclic amide) rings is 1. The number of esters is 1. The minimum Gasteiger partial charge on any atom is -0.408 e. The maximum Gasteiger partial charge on any atom is 0.316 e. The summed E-state index contributed by atoms with van der Waals surface area (Å²) < 4.78 is 6.34. The molecule has 1 saturated heterocycles. The standard InChI is InChI=1S/C40H41N2O6P/c1-5-16-36(45)48-40(49(31-19-9-6-10-20-31,32-21-11-7-12-22-32)33-23-13-8-14-24-33)42-34(37(28(4)43)39(42)47)26-35(44)29-17-15-18-30(25-29)38(46)41-27(2)3/h5-15,17-25,27-28,34,37,43H,1,16,26H2,2-4H3,(H,41,46). The molecule has 3 unspecified atom stereocenters. The summed E-state index contributed by atoms with van der Waals surface area (Å²) >= 11 is 0. The normalized spacial score (nSPS) is 16.3. The van der Waals surface area contributed by atoms with Crippen molar-refractivity contribution in [1.82, 2.24) is 10.2 Å². The highest BCUT2D eigenvalue weighted by Gasteiger charge is 2.55. The van der Waals surface area contributed by atoms with Gasteiger partial charge in [0.1, 0.15) is 0 Å². The number of nitrogens with zero attached hydrogens (tertiary/aromatic N) is 1. The minimum atomic E-state index is -3.15. The average molecular weight is 677 g/mol. The lowest BCUT2D eigenvalue weighted by Crippen LogP contribution is -2.67. The van der Waals surface area contributed by atoms with Crippen molar-refractivity contribution in [1.29, 1.82) is 0 Å². The van der Waals surface area contributed by atoms with Gasteiger partial charge in [0.2, 0.25) is 11.5 Å². The van der Waals surface area contributed by atoms with Crippen LogP contribution in [0.25, 0.3) is 0 Å². The van der Waals surface area contributed by atoms with E-state index in [1.807, 2.05) is 105 Å². The summed E-state index contributed by atoms with van der Waals surface area (Å²) in [5.74, 6) is -2.63. The Morgan fingerprint density at radius 1 is 0.837 bits per heavy atom. The molecule has 4 aromatic rings. The molecule has 5 rings (SSSR count). The molecule has 252 valence electrons. The number of ketones is 1. The molecule has 0 saturated carbocycles. The number of aliphatic hydroxyl groups is 1. The van der Waals surface area contributed by atoms with Crippen LogP contribution in [0.2, 0.25) is 0 Å². The second-order valence-corrected chi connectivity index (χ2v) is 15.6. The first-order chi connectivity index (χ1) is 23.6. The lowest BCUT2D eigenvalue weighted by Gasteiger charge is -2.50. The SMILES string of the molecule is C=CCC(=O)OC(N1C(=O)C(C(C)O)C1CC(=O)c1cccc(C(=O)NC(C)C)c1)=P(c1ccccc1)(c1ccccc1)c1ccccc1. The Morgan fingerprint density at radius 2 is 1.35 bits per heavy atom. The van der Waals surface area contributed by atoms with Gasteiger partial charge in [0, 0.05) is 30.5 Å². The van der Waals surface area contributed by atoms with Gasteiger partial charge < -0.3 is 15.2 Å². The van der Waals surface area contributed by atoms with Gasteiger partial charge >= 0.3 is 5.97 Å². The molecule has 2 N–H and O–H groups in total. The zero-order valence-electron chi connectivity index (χ0n) is 27.9. The maximum absolute atomic E-state index is 14.3. The summed E-state index contributed by atoms with van der Waals surface area (Å²) in [5, 5.41) is 16.2. The van der Waals surface area contributed by atoms with E-state index in [2.05, 4.69) is 11.9 Å². The molecule has 49 heavy (non-hydrogen) atoms. The number of rotatable bonds is 13. The quantitative estimate of drug-likeness (QED) is 0.0692. The highest BCUT2D eigenvalue weighted by atomic mass is 31.2. The van der Waals surface area contributed by atoms with Gasteiger partial charge in [0.05, 0.1) is 24.5 Å². The Labute approximate surface area is 287 Å². The third-order valence-electron chi connectivity index (χ3n) is 8.49. The van der Waals surface area contributed by atoms with E-state index in [0.717, 1.165) is 15.9 Å². The van der Waals surface area contributed by atoms with Crippen LogP contribution in [0.1, 0.15) is 54.3 Å². The largest absolute Gasteiger partial charge is 0.408 e. The summed E-state index contributed by atoms with van der Waals surface area (Å²) in [6.45, 7) is 5.79. The van der Waals surface area contributed by atoms with Crippen molar-refractivity contribution in [2.45, 2.75) is 51.8 Å². The highest BCUT2D eigenvalue weighted by Crippen LogP contribution is 2.50. The van der Waals surface area contributed by atoms with E-state index in [1.54, 1.807) is 18.2 Å². The summed E-state index contributed by atoms with van der Waals surface area (Å²) in [7, 11) is 0. The number of amides is 2. The molecule has 1 fully saturated rings. The van der Waals surface area contributed by atoms with E-state index in [9.17, 15) is 24.3 Å². The first kappa shape index (κ1) is 35.3. The third kappa shape index (κ3) is 7.21. The van der Waals surface area contributed by atoms with Crippen molar-refractivity contribution in [2.75, 3.05) is 0 Å². The molecule has 0 bridgehead atoms. The molecule has 0 aromatic heterocycles. The number of carbonyl (C=O) groups excluding carboxylic acids is 4. The number of benzene rings is 4. The van der Waals surface area contributed by atoms with Crippen molar-refractivity contribution >= 4 is 52.0 Å². The predicted molar refractivity (Wildman–Crippen MR) is 195 cm³/mol. The number of nitrogens with one attached hydrogen (secondary N) is 1. The van der Waals surface area contributed by atoms with Crippen LogP contribution >= 0.6 is 6.89 Å². The minimum absolute atomic E-state index is 0.0894. The fraction of sp³-hybridized carbons (Fsp3) is 0.225. The van der Waals surface area contributed by atoms with Crippen LogP contribution in [0.4, 0.5) is 0 Å². The van der Waals surface area contributed by atoms with Gasteiger partial charge in [-0.1, -0.05) is 109 Å². The lowest BCUT2D eigenvalue weighted by molar-refractivity contribution is -0.157. The number of aliphatic hydroxyl groups excluding tert-OH is 1. The van der Waals surface area contributed by atoms with Crippen molar-refractivity contribution in [2.24, 2.45) is 5.92 Å². The van der Waals surface area contributed by atoms with Gasteiger partial charge in [0.15, 0.2) is 5.78 Å². The van der Waals surface area contributed by atoms with Gasteiger partial charge in [-0.3, -0.25) is 24.1 Å². The molecule has 1 heterocycles. The number of ether oxygens (including phenoxy) is 1. The summed E-state index contributed by atoms with van der Waals surface area (Å²) in [6, 6.07) is 34.3. The third-order valence-corrected chi connectivity index (χ3v) is 12.6. The van der Waals surface area contributed by atoms with Gasteiger partial charge in [0.25, 0.3) is 5.91 Å². The van der Waals surface area contributed by atoms with Crippen molar-refractivity contribution in [3.8, 4) is 0 Å². The van der Waals surface area contributed by atoms with Gasteiger partial charge in [-0.25, -0.2) is 0 Å². The van der Waals surface area contributed by atoms with Crippen LogP contribution in [0.15, 0.2) is 128 Å². The molecular weight excluding hydrogens is 635 g/mol. The topological polar surface area (TPSA) is 113 Å². The Balaban J connectivity index is 1.76. The smallest absolute Gasteiger partial charge is 0.316 e. The monoisotopic (exact) mass is 676 g/mol. The van der Waals surface area contributed by atoms with Crippen molar-refractivity contribution in [3.63, 3.8) is 0 Å². The summed E-state index contributed by atoms with van der Waals surface area (Å²) in [4.78, 5) is 56.0. The van der Waals surface area contributed by atoms with E-state index in [1.165, 1.54) is 24.0 Å². The van der Waals surface area contributed by atoms with Crippen LogP contribution in [-0.2, 0) is 14.3 Å². The van der Waals surface area contributed by atoms with Gasteiger partial charge in [-0.2, -0.15) is 0 Å². The van der Waals surface area contributed by atoms with E-state index in [0.29, 0.717) is 11.1 Å². The molecule has 8 nitrogen and oxygen atoms in total. The number of likely N-dealkylation sites (tertiary alicyclic amines) is 1. The molecular formula is C40H41N2O6P. The first-order valence-electron chi connectivity index (χ1n) is 16.3. The Kier molecular flexibility index (Phi) is 11.1. The van der Waals surface area contributed by atoms with Crippen LogP contribution in [0.5, 0.6) is 0 Å². The summed E-state index contributed by atoms with van der Waals surface area (Å²) in [5.41, 5.74) is 0.745. The lowest BCUT2D eigenvalue weighted by atomic mass is 9.80. The average Bonchev–Trinajstić information content (AvgIpc) is 3.09. The predicted octanol–water partition coefficient (Wildman–Crippen LogP) is 4.81. The fourth-order valence-electron chi connectivity index (χ4n) is 6.31. The molecule has 0 spiro atoms. The van der Waals surface area contributed by atoms with Crippen LogP contribution in [-0.4, -0.2) is 57.4 Å². The van der Waals surface area contributed by atoms with E-state index in [4.69, 9.17) is 4.74 Å². The first-order valence-corrected chi connectivity index (χ1v) is 18.1. The van der Waals surface area contributed by atoms with Gasteiger partial charge in [-0.05, 0) is 48.8 Å². The number of carbonyl (C=O) groups is 4. The second-order valence-electron chi connectivity index (χ2n) is 12.3. The van der Waals surface area contributed by atoms with Crippen molar-refractivity contribution in [3.05, 3.63) is 139 Å². The molecule has 4 aromatic carbocycles. The molecule has 1 aliphatic heterocycles. The maximum atomic E-state index is 14.3. The molecule has 9 heteroatoms. The Bertz CT molecular complexity index is 1790. The summed E-state index contributed by atoms with van der Waals surface area (Å²) in [6.07, 6.45) is 0.0524. The molecule has 2 amide bonds.